The zero-order chi connectivity index (χ0) is 8.43. The summed E-state index contributed by atoms with van der Waals surface area (Å²) in [4.78, 5) is 14.2. The summed E-state index contributed by atoms with van der Waals surface area (Å²) in [5, 5.41) is -0.194. The summed E-state index contributed by atoms with van der Waals surface area (Å²) in [7, 11) is 0. The van der Waals surface area contributed by atoms with Gasteiger partial charge in [-0.05, 0) is 17.7 Å². The molecule has 0 aliphatic heterocycles. The largest absolute Gasteiger partial charge is 0.275 e. The van der Waals surface area contributed by atoms with Crippen LogP contribution in [0.15, 0.2) is 12.3 Å². The Hall–Kier alpha value is -0.310. The lowest BCUT2D eigenvalue weighted by Gasteiger charge is -1.96. The molecule has 0 aliphatic rings. The van der Waals surface area contributed by atoms with Gasteiger partial charge in [-0.25, -0.2) is 4.98 Å². The summed E-state index contributed by atoms with van der Waals surface area (Å²) >= 11 is 16.2. The Bertz CT molecular complexity index is 300. The summed E-state index contributed by atoms with van der Waals surface area (Å²) in [5.74, 6) is 0. The minimum Gasteiger partial charge on any atom is -0.275 e. The van der Waals surface area contributed by atoms with Crippen LogP contribution in [0.1, 0.15) is 10.4 Å². The average Bonchev–Trinajstić information content (AvgIpc) is 1.85. The molecule has 0 unspecified atom stereocenters. The van der Waals surface area contributed by atoms with Crippen LogP contribution in [0.25, 0.3) is 0 Å². The van der Waals surface area contributed by atoms with Gasteiger partial charge in [0.1, 0.15) is 5.15 Å². The summed E-state index contributed by atoms with van der Waals surface area (Å²) in [6, 6.07) is 1.36. The molecule has 0 saturated heterocycles. The molecule has 0 saturated carbocycles. The van der Waals surface area contributed by atoms with Crippen LogP contribution in [0.5, 0.6) is 0 Å². The number of hydrogen-bond acceptors (Lipinski definition) is 2. The molecule has 0 bridgehead atoms. The zero-order valence-electron chi connectivity index (χ0n) is 5.14. The number of aromatic nitrogens is 1. The molecule has 0 atom stereocenters. The van der Waals surface area contributed by atoms with Crippen LogP contribution in [0.2, 0.25) is 10.2 Å². The fourth-order valence-corrected chi connectivity index (χ4v) is 1.20. The van der Waals surface area contributed by atoms with Crippen molar-refractivity contribution < 1.29 is 4.79 Å². The van der Waals surface area contributed by atoms with Crippen LogP contribution in [0.4, 0.5) is 0 Å². The molecule has 0 aromatic carbocycles. The van der Waals surface area contributed by atoms with Gasteiger partial charge in [-0.2, -0.15) is 0 Å². The van der Waals surface area contributed by atoms with Gasteiger partial charge in [0.05, 0.1) is 10.6 Å². The van der Waals surface area contributed by atoms with E-state index in [1.54, 1.807) is 0 Å². The molecule has 1 heterocycles. The van der Waals surface area contributed by atoms with Gasteiger partial charge >= 0.3 is 0 Å². The predicted octanol–water partition coefficient (Wildman–Crippen LogP) is 2.77. The molecule has 0 fully saturated rings. The second kappa shape index (κ2) is 3.39. The molecular formula is C6H2Cl3NO. The highest BCUT2D eigenvalue weighted by atomic mass is 35.5. The topological polar surface area (TPSA) is 30.0 Å². The van der Waals surface area contributed by atoms with E-state index in [-0.39, 0.29) is 15.7 Å². The summed E-state index contributed by atoms with van der Waals surface area (Å²) < 4.78 is 0. The maximum atomic E-state index is 10.6. The molecule has 2 nitrogen and oxygen atoms in total. The smallest absolute Gasteiger partial charge is 0.255 e. The van der Waals surface area contributed by atoms with Gasteiger partial charge in [0.25, 0.3) is 5.24 Å². The number of carbonyl (C=O) groups excluding carboxylic acids is 1. The first-order valence-corrected chi connectivity index (χ1v) is 3.75. The lowest BCUT2D eigenvalue weighted by atomic mass is 10.3. The number of pyridine rings is 1. The van der Waals surface area contributed by atoms with Crippen molar-refractivity contribution in [1.29, 1.82) is 0 Å². The molecule has 5 heteroatoms. The van der Waals surface area contributed by atoms with E-state index in [4.69, 9.17) is 34.8 Å². The highest BCUT2D eigenvalue weighted by Crippen LogP contribution is 2.19. The van der Waals surface area contributed by atoms with Crippen molar-refractivity contribution in [2.45, 2.75) is 0 Å². The summed E-state index contributed by atoms with van der Waals surface area (Å²) in [6.07, 6.45) is 1.24. The number of hydrogen-bond donors (Lipinski definition) is 0. The normalized spacial score (nSPS) is 9.73. The van der Waals surface area contributed by atoms with Gasteiger partial charge in [0.2, 0.25) is 0 Å². The van der Waals surface area contributed by atoms with Gasteiger partial charge in [-0.15, -0.1) is 0 Å². The third kappa shape index (κ3) is 2.06. The molecule has 0 radical (unpaired) electrons. The Labute approximate surface area is 78.1 Å². The Morgan fingerprint density at radius 3 is 2.55 bits per heavy atom. The van der Waals surface area contributed by atoms with Crippen molar-refractivity contribution in [2.75, 3.05) is 0 Å². The van der Waals surface area contributed by atoms with E-state index in [9.17, 15) is 4.79 Å². The van der Waals surface area contributed by atoms with Crippen molar-refractivity contribution in [3.8, 4) is 0 Å². The van der Waals surface area contributed by atoms with Crippen LogP contribution in [-0.2, 0) is 0 Å². The molecule has 11 heavy (non-hydrogen) atoms. The highest BCUT2D eigenvalue weighted by Gasteiger charge is 2.07. The van der Waals surface area contributed by atoms with Crippen LogP contribution >= 0.6 is 34.8 Å². The second-order valence-corrected chi connectivity index (χ2v) is 2.90. The Kier molecular flexibility index (Phi) is 2.71. The highest BCUT2D eigenvalue weighted by molar-refractivity contribution is 6.68. The van der Waals surface area contributed by atoms with Crippen molar-refractivity contribution in [3.63, 3.8) is 0 Å². The number of nitrogens with zero attached hydrogens (tertiary/aromatic N) is 1. The first-order chi connectivity index (χ1) is 5.11. The van der Waals surface area contributed by atoms with E-state index in [1.165, 1.54) is 12.3 Å². The molecule has 0 N–H and O–H groups in total. The number of rotatable bonds is 1. The standard InChI is InChI=1S/C6H2Cl3NO/c7-4-1-5(8)10-2-3(4)6(9)11/h1-2H. The van der Waals surface area contributed by atoms with E-state index in [1.807, 2.05) is 0 Å². The minimum atomic E-state index is -0.640. The molecule has 0 amide bonds. The van der Waals surface area contributed by atoms with Crippen molar-refractivity contribution in [1.82, 2.24) is 4.98 Å². The third-order valence-electron chi connectivity index (χ3n) is 1.03. The van der Waals surface area contributed by atoms with E-state index in [2.05, 4.69) is 4.98 Å². The van der Waals surface area contributed by atoms with E-state index in [0.29, 0.717) is 0 Å². The van der Waals surface area contributed by atoms with Crippen LogP contribution in [-0.4, -0.2) is 10.2 Å². The van der Waals surface area contributed by atoms with Gasteiger partial charge in [0.15, 0.2) is 0 Å². The maximum Gasteiger partial charge on any atom is 0.255 e. The summed E-state index contributed by atoms with van der Waals surface area (Å²) in [6.45, 7) is 0. The van der Waals surface area contributed by atoms with Gasteiger partial charge in [0, 0.05) is 6.20 Å². The molecule has 1 rings (SSSR count). The molecule has 1 aromatic rings. The van der Waals surface area contributed by atoms with Gasteiger partial charge in [-0.3, -0.25) is 4.79 Å². The minimum absolute atomic E-state index is 0.165. The first kappa shape index (κ1) is 8.78. The van der Waals surface area contributed by atoms with Gasteiger partial charge < -0.3 is 0 Å². The number of carbonyl (C=O) groups is 1. The van der Waals surface area contributed by atoms with Gasteiger partial charge in [-0.1, -0.05) is 23.2 Å². The first-order valence-electron chi connectivity index (χ1n) is 2.62. The zero-order valence-corrected chi connectivity index (χ0v) is 7.41. The fraction of sp³-hybridized carbons (Fsp3) is 0. The van der Waals surface area contributed by atoms with Crippen LogP contribution < -0.4 is 0 Å². The molecule has 58 valence electrons. The molecule has 0 aliphatic carbocycles. The quantitative estimate of drug-likeness (QED) is 0.527. The van der Waals surface area contributed by atoms with E-state index in [0.717, 1.165) is 0 Å². The van der Waals surface area contributed by atoms with Crippen molar-refractivity contribution >= 4 is 40.0 Å². The second-order valence-electron chi connectivity index (χ2n) is 1.76. The molecule has 0 spiro atoms. The predicted molar refractivity (Wildman–Crippen MR) is 44.4 cm³/mol. The lowest BCUT2D eigenvalue weighted by Crippen LogP contribution is -1.91. The number of halogens is 3. The Morgan fingerprint density at radius 2 is 2.09 bits per heavy atom. The van der Waals surface area contributed by atoms with Crippen molar-refractivity contribution in [2.24, 2.45) is 0 Å². The van der Waals surface area contributed by atoms with E-state index >= 15 is 0 Å². The fourth-order valence-electron chi connectivity index (χ4n) is 0.552. The Balaban J connectivity index is 3.20. The SMILES string of the molecule is O=C(Cl)c1cnc(Cl)cc1Cl. The van der Waals surface area contributed by atoms with Crippen LogP contribution in [0.3, 0.4) is 0 Å². The molecular weight excluding hydrogens is 208 g/mol. The third-order valence-corrected chi connectivity index (χ3v) is 1.75. The molecule has 1 aromatic heterocycles. The van der Waals surface area contributed by atoms with E-state index < -0.39 is 5.24 Å². The Morgan fingerprint density at radius 1 is 1.45 bits per heavy atom. The average molecular weight is 210 g/mol. The van der Waals surface area contributed by atoms with Crippen LogP contribution in [0, 0.1) is 0 Å². The monoisotopic (exact) mass is 209 g/mol. The summed E-state index contributed by atoms with van der Waals surface area (Å²) in [5.41, 5.74) is 0.165. The lowest BCUT2D eigenvalue weighted by molar-refractivity contribution is 0.108. The maximum absolute atomic E-state index is 10.6. The van der Waals surface area contributed by atoms with Crippen molar-refractivity contribution in [3.05, 3.63) is 28.0 Å².